The van der Waals surface area contributed by atoms with Crippen molar-refractivity contribution in [3.05, 3.63) is 40.1 Å². The molecule has 0 saturated carbocycles. The van der Waals surface area contributed by atoms with Gasteiger partial charge in [0.25, 0.3) is 0 Å². The van der Waals surface area contributed by atoms with Gasteiger partial charge in [0.2, 0.25) is 0 Å². The maximum atomic E-state index is 6.07. The van der Waals surface area contributed by atoms with E-state index in [0.29, 0.717) is 10.0 Å². The van der Waals surface area contributed by atoms with Gasteiger partial charge in [0.1, 0.15) is 0 Å². The number of nitrogens with zero attached hydrogens (tertiary/aromatic N) is 4. The number of hydrogen-bond acceptors (Lipinski definition) is 4. The van der Waals surface area contributed by atoms with Gasteiger partial charge in [-0.05, 0) is 37.7 Å². The molecule has 0 aliphatic carbocycles. The molecule has 1 saturated heterocycles. The highest BCUT2D eigenvalue weighted by molar-refractivity contribution is 6.34. The minimum atomic E-state index is 0.595. The maximum absolute atomic E-state index is 6.07. The van der Waals surface area contributed by atoms with E-state index in [9.17, 15) is 0 Å². The van der Waals surface area contributed by atoms with Crippen molar-refractivity contribution in [1.82, 2.24) is 25.2 Å². The lowest BCUT2D eigenvalue weighted by Crippen LogP contribution is -2.28. The Hall–Kier alpha value is -1.14. The van der Waals surface area contributed by atoms with Gasteiger partial charge in [0.05, 0.1) is 17.6 Å². The first kappa shape index (κ1) is 14.8. The van der Waals surface area contributed by atoms with E-state index in [-0.39, 0.29) is 0 Å². The molecule has 0 radical (unpaired) electrons. The number of benzene rings is 1. The van der Waals surface area contributed by atoms with E-state index in [2.05, 4.69) is 20.5 Å². The van der Waals surface area contributed by atoms with Crippen molar-refractivity contribution in [1.29, 1.82) is 0 Å². The summed E-state index contributed by atoms with van der Waals surface area (Å²) in [5.74, 6) is 0. The van der Waals surface area contributed by atoms with Gasteiger partial charge in [0, 0.05) is 29.7 Å². The minimum Gasteiger partial charge on any atom is -0.315 e. The van der Waals surface area contributed by atoms with Gasteiger partial charge in [-0.15, -0.1) is 5.10 Å². The third-order valence-electron chi connectivity index (χ3n) is 3.53. The van der Waals surface area contributed by atoms with Gasteiger partial charge in [-0.2, -0.15) is 0 Å². The highest BCUT2D eigenvalue weighted by Crippen LogP contribution is 2.22. The summed E-state index contributed by atoms with van der Waals surface area (Å²) in [6, 6.07) is 5.40. The van der Waals surface area contributed by atoms with Crippen molar-refractivity contribution in [2.75, 3.05) is 26.2 Å². The second kappa shape index (κ2) is 6.75. The minimum absolute atomic E-state index is 0.595. The van der Waals surface area contributed by atoms with E-state index in [4.69, 9.17) is 23.2 Å². The zero-order valence-electron chi connectivity index (χ0n) is 11.6. The number of hydrogen-bond donors (Lipinski definition) is 1. The van der Waals surface area contributed by atoms with E-state index in [1.54, 1.807) is 16.9 Å². The van der Waals surface area contributed by atoms with Crippen molar-refractivity contribution in [2.24, 2.45) is 0 Å². The second-order valence-electron chi connectivity index (χ2n) is 5.14. The molecule has 0 atom stereocenters. The average molecular weight is 326 g/mol. The molecular weight excluding hydrogens is 309 g/mol. The van der Waals surface area contributed by atoms with Crippen LogP contribution in [0.1, 0.15) is 12.1 Å². The number of rotatable bonds is 3. The van der Waals surface area contributed by atoms with E-state index < -0.39 is 0 Å². The van der Waals surface area contributed by atoms with Gasteiger partial charge in [-0.1, -0.05) is 28.4 Å². The van der Waals surface area contributed by atoms with E-state index in [1.165, 1.54) is 0 Å². The smallest absolute Gasteiger partial charge is 0.0786 e. The molecular formula is C14H17Cl2N5. The summed E-state index contributed by atoms with van der Waals surface area (Å²) in [4.78, 5) is 2.40. The first-order valence-electron chi connectivity index (χ1n) is 7.01. The number of halogens is 2. The fraction of sp³-hybridized carbons (Fsp3) is 0.429. The summed E-state index contributed by atoms with van der Waals surface area (Å²) in [5.41, 5.74) is 1.88. The monoisotopic (exact) mass is 325 g/mol. The largest absolute Gasteiger partial charge is 0.315 e. The lowest BCUT2D eigenvalue weighted by molar-refractivity contribution is 0.278. The molecule has 2 heterocycles. The molecule has 21 heavy (non-hydrogen) atoms. The fourth-order valence-corrected chi connectivity index (χ4v) is 3.05. The van der Waals surface area contributed by atoms with E-state index >= 15 is 0 Å². The van der Waals surface area contributed by atoms with Crippen LogP contribution in [0.2, 0.25) is 10.0 Å². The molecule has 1 aliphatic heterocycles. The van der Waals surface area contributed by atoms with Crippen LogP contribution in [0.5, 0.6) is 0 Å². The van der Waals surface area contributed by atoms with Crippen LogP contribution in [-0.2, 0) is 6.54 Å². The summed E-state index contributed by atoms with van der Waals surface area (Å²) in [7, 11) is 0. The Morgan fingerprint density at radius 3 is 2.71 bits per heavy atom. The van der Waals surface area contributed by atoms with Crippen LogP contribution in [0.25, 0.3) is 5.69 Å². The summed E-state index contributed by atoms with van der Waals surface area (Å²) in [6.45, 7) is 5.03. The van der Waals surface area contributed by atoms with Crippen LogP contribution >= 0.6 is 23.2 Å². The molecule has 0 spiro atoms. The molecule has 1 aromatic carbocycles. The Labute approximate surface area is 133 Å². The van der Waals surface area contributed by atoms with Crippen LogP contribution in [0, 0.1) is 0 Å². The van der Waals surface area contributed by atoms with Crippen molar-refractivity contribution in [2.45, 2.75) is 13.0 Å². The zero-order chi connectivity index (χ0) is 14.7. The Kier molecular flexibility index (Phi) is 4.75. The Morgan fingerprint density at radius 1 is 1.10 bits per heavy atom. The quantitative estimate of drug-likeness (QED) is 0.941. The molecule has 2 aromatic rings. The Bertz CT molecular complexity index is 585. The molecule has 1 aromatic heterocycles. The van der Waals surface area contributed by atoms with Gasteiger partial charge in [-0.25, -0.2) is 4.68 Å². The first-order chi connectivity index (χ1) is 10.2. The predicted molar refractivity (Wildman–Crippen MR) is 84.1 cm³/mol. The van der Waals surface area contributed by atoms with E-state index in [0.717, 1.165) is 50.5 Å². The first-order valence-corrected chi connectivity index (χ1v) is 7.77. The summed E-state index contributed by atoms with van der Waals surface area (Å²) < 4.78 is 1.80. The number of nitrogens with one attached hydrogen (secondary N) is 1. The molecule has 0 bridgehead atoms. The topological polar surface area (TPSA) is 46.0 Å². The SMILES string of the molecule is Clc1cc(Cl)cc(-n2nncc2CN2CCCNCC2)c1. The molecule has 5 nitrogen and oxygen atoms in total. The molecule has 112 valence electrons. The number of aromatic nitrogens is 3. The van der Waals surface area contributed by atoms with Crippen molar-refractivity contribution in [3.8, 4) is 5.69 Å². The standard InChI is InChI=1S/C14H17Cl2N5/c15-11-6-12(16)8-13(7-11)21-14(9-18-19-21)10-20-4-1-2-17-3-5-20/h6-9,17H,1-5,10H2. The maximum Gasteiger partial charge on any atom is 0.0786 e. The van der Waals surface area contributed by atoms with Crippen LogP contribution < -0.4 is 5.32 Å². The highest BCUT2D eigenvalue weighted by atomic mass is 35.5. The summed E-state index contributed by atoms with van der Waals surface area (Å²) in [6.07, 6.45) is 2.96. The highest BCUT2D eigenvalue weighted by Gasteiger charge is 2.14. The van der Waals surface area contributed by atoms with Crippen molar-refractivity contribution in [3.63, 3.8) is 0 Å². The molecule has 3 rings (SSSR count). The Morgan fingerprint density at radius 2 is 1.90 bits per heavy atom. The average Bonchev–Trinajstić information content (AvgIpc) is 2.73. The van der Waals surface area contributed by atoms with Gasteiger partial charge >= 0.3 is 0 Å². The van der Waals surface area contributed by atoms with E-state index in [1.807, 2.05) is 12.1 Å². The van der Waals surface area contributed by atoms with Crippen LogP contribution in [0.3, 0.4) is 0 Å². The predicted octanol–water partition coefficient (Wildman–Crippen LogP) is 2.37. The van der Waals surface area contributed by atoms with Crippen LogP contribution in [0.4, 0.5) is 0 Å². The van der Waals surface area contributed by atoms with Gasteiger partial charge in [-0.3, -0.25) is 4.90 Å². The van der Waals surface area contributed by atoms with Gasteiger partial charge < -0.3 is 5.32 Å². The molecule has 1 aliphatic rings. The summed E-state index contributed by atoms with van der Waals surface area (Å²) in [5, 5.41) is 12.8. The third-order valence-corrected chi connectivity index (χ3v) is 3.97. The van der Waals surface area contributed by atoms with Crippen molar-refractivity contribution >= 4 is 23.2 Å². The molecule has 0 amide bonds. The van der Waals surface area contributed by atoms with Gasteiger partial charge in [0.15, 0.2) is 0 Å². The lowest BCUT2D eigenvalue weighted by Gasteiger charge is -2.19. The van der Waals surface area contributed by atoms with Crippen LogP contribution in [-0.4, -0.2) is 46.1 Å². The second-order valence-corrected chi connectivity index (χ2v) is 6.02. The normalized spacial score (nSPS) is 16.9. The third kappa shape index (κ3) is 3.74. The molecule has 1 N–H and O–H groups in total. The van der Waals surface area contributed by atoms with Crippen molar-refractivity contribution < 1.29 is 0 Å². The molecule has 1 fully saturated rings. The molecule has 0 unspecified atom stereocenters. The lowest BCUT2D eigenvalue weighted by atomic mass is 10.3. The fourth-order valence-electron chi connectivity index (χ4n) is 2.53. The molecule has 7 heteroatoms. The van der Waals surface area contributed by atoms with Crippen LogP contribution in [0.15, 0.2) is 24.4 Å². The zero-order valence-corrected chi connectivity index (χ0v) is 13.1. The summed E-state index contributed by atoms with van der Waals surface area (Å²) >= 11 is 12.1. The Balaban J connectivity index is 1.83.